The van der Waals surface area contributed by atoms with E-state index in [4.69, 9.17) is 5.21 Å². The monoisotopic (exact) mass is 173 g/mol. The molecule has 1 atom stereocenters. The quantitative estimate of drug-likeness (QED) is 0.298. The summed E-state index contributed by atoms with van der Waals surface area (Å²) in [5.74, 6) is 0. The third-order valence-electron chi connectivity index (χ3n) is 2.27. The average molecular weight is 173 g/mol. The summed E-state index contributed by atoms with van der Waals surface area (Å²) in [6.07, 6.45) is 3.08. The number of hydrogen-bond donors (Lipinski definition) is 1. The first kappa shape index (κ1) is 10.7. The van der Waals surface area contributed by atoms with Crippen molar-refractivity contribution in [3.63, 3.8) is 0 Å². The summed E-state index contributed by atoms with van der Waals surface area (Å²) < 4.78 is 0. The lowest BCUT2D eigenvalue weighted by Crippen LogP contribution is -2.19. The Hall–Kier alpha value is -0.313. The van der Waals surface area contributed by atoms with Gasteiger partial charge in [-0.25, -0.2) is 0 Å². The summed E-state index contributed by atoms with van der Waals surface area (Å²) in [6, 6.07) is 0. The molecule has 0 aromatic heterocycles. The van der Waals surface area contributed by atoms with E-state index < -0.39 is 0 Å². The molecule has 0 aliphatic carbocycles. The van der Waals surface area contributed by atoms with Crippen LogP contribution in [-0.4, -0.2) is 21.2 Å². The van der Waals surface area contributed by atoms with Crippen LogP contribution in [0, 0.1) is 0 Å². The Bertz CT molecular complexity index is 143. The van der Waals surface area contributed by atoms with Gasteiger partial charge in [0.05, 0.1) is 5.71 Å². The van der Waals surface area contributed by atoms with Gasteiger partial charge in [0.15, 0.2) is 0 Å². The topological polar surface area (TPSA) is 32.6 Å². The molecule has 11 heavy (non-hydrogen) atoms. The van der Waals surface area contributed by atoms with Crippen LogP contribution >= 0.6 is 0 Å². The highest BCUT2D eigenvalue weighted by molar-refractivity contribution is 6.29. The maximum Gasteiger partial charge on any atom is 0.0592 e. The SMILES string of the molecule is CCCC(=NO)C(C)([SiH3])CC. The van der Waals surface area contributed by atoms with Gasteiger partial charge in [-0.1, -0.05) is 32.3 Å². The Kier molecular flexibility index (Phi) is 4.41. The van der Waals surface area contributed by atoms with Gasteiger partial charge in [0.2, 0.25) is 0 Å². The highest BCUT2D eigenvalue weighted by atomic mass is 28.1. The van der Waals surface area contributed by atoms with Crippen molar-refractivity contribution in [2.24, 2.45) is 5.16 Å². The smallest absolute Gasteiger partial charge is 0.0592 e. The maximum atomic E-state index is 8.73. The van der Waals surface area contributed by atoms with Crippen LogP contribution in [0.3, 0.4) is 0 Å². The molecular weight excluding hydrogens is 154 g/mol. The van der Waals surface area contributed by atoms with Crippen LogP contribution in [0.15, 0.2) is 5.16 Å². The molecule has 0 radical (unpaired) electrons. The fourth-order valence-electron chi connectivity index (χ4n) is 0.965. The second kappa shape index (κ2) is 4.54. The summed E-state index contributed by atoms with van der Waals surface area (Å²) in [7, 11) is 1.07. The van der Waals surface area contributed by atoms with Crippen molar-refractivity contribution in [1.82, 2.24) is 0 Å². The van der Waals surface area contributed by atoms with Crippen molar-refractivity contribution in [1.29, 1.82) is 0 Å². The van der Waals surface area contributed by atoms with Gasteiger partial charge in [-0.2, -0.15) is 0 Å². The lowest BCUT2D eigenvalue weighted by atomic mass is 9.98. The van der Waals surface area contributed by atoms with E-state index in [2.05, 4.69) is 25.9 Å². The predicted molar refractivity (Wildman–Crippen MR) is 52.7 cm³/mol. The van der Waals surface area contributed by atoms with Crippen LogP contribution in [0.4, 0.5) is 0 Å². The molecule has 0 rings (SSSR count). The Morgan fingerprint density at radius 1 is 1.55 bits per heavy atom. The minimum Gasteiger partial charge on any atom is -0.411 e. The molecule has 0 aliphatic rings. The number of nitrogens with zero attached hydrogens (tertiary/aromatic N) is 1. The summed E-state index contributed by atoms with van der Waals surface area (Å²) in [6.45, 7) is 6.43. The summed E-state index contributed by atoms with van der Waals surface area (Å²) >= 11 is 0. The average Bonchev–Trinajstić information content (AvgIpc) is 2.00. The molecule has 0 amide bonds. The van der Waals surface area contributed by atoms with E-state index in [1.165, 1.54) is 0 Å². The molecule has 0 fully saturated rings. The van der Waals surface area contributed by atoms with Gasteiger partial charge in [-0.3, -0.25) is 0 Å². The molecule has 0 saturated heterocycles. The van der Waals surface area contributed by atoms with Gasteiger partial charge in [-0.05, 0) is 17.9 Å². The van der Waals surface area contributed by atoms with Gasteiger partial charge >= 0.3 is 0 Å². The van der Waals surface area contributed by atoms with Crippen molar-refractivity contribution in [2.45, 2.75) is 45.1 Å². The Balaban J connectivity index is 4.25. The second-order valence-electron chi connectivity index (χ2n) is 3.53. The van der Waals surface area contributed by atoms with Crippen LogP contribution < -0.4 is 0 Å². The van der Waals surface area contributed by atoms with Crippen LogP contribution in [-0.2, 0) is 0 Å². The van der Waals surface area contributed by atoms with E-state index in [0.717, 1.165) is 35.2 Å². The van der Waals surface area contributed by atoms with Crippen molar-refractivity contribution in [2.75, 3.05) is 0 Å². The van der Waals surface area contributed by atoms with Gasteiger partial charge in [0.25, 0.3) is 0 Å². The molecule has 0 saturated carbocycles. The van der Waals surface area contributed by atoms with Crippen molar-refractivity contribution < 1.29 is 5.21 Å². The molecule has 66 valence electrons. The number of hydrogen-bond acceptors (Lipinski definition) is 2. The summed E-state index contributed by atoms with van der Waals surface area (Å²) in [5, 5.41) is 12.3. The summed E-state index contributed by atoms with van der Waals surface area (Å²) in [4.78, 5) is 0. The minimum absolute atomic E-state index is 0.199. The highest BCUT2D eigenvalue weighted by Crippen LogP contribution is 2.28. The molecule has 0 aliphatic heterocycles. The van der Waals surface area contributed by atoms with Crippen molar-refractivity contribution >= 4 is 16.0 Å². The molecule has 0 heterocycles. The Labute approximate surface area is 72.1 Å². The van der Waals surface area contributed by atoms with E-state index in [0.29, 0.717) is 0 Å². The largest absolute Gasteiger partial charge is 0.411 e. The van der Waals surface area contributed by atoms with E-state index in [1.807, 2.05) is 0 Å². The summed E-state index contributed by atoms with van der Waals surface area (Å²) in [5.41, 5.74) is 0.981. The van der Waals surface area contributed by atoms with Gasteiger partial charge in [0.1, 0.15) is 0 Å². The molecule has 0 aromatic carbocycles. The standard InChI is InChI=1S/C8H19NOSi/c1-4-6-7(9-10)8(3,11)5-2/h10H,4-6H2,1-3,11H3. The first-order valence-electron chi connectivity index (χ1n) is 4.29. The lowest BCUT2D eigenvalue weighted by Gasteiger charge is -2.23. The fraction of sp³-hybridized carbons (Fsp3) is 0.875. The Morgan fingerprint density at radius 2 is 2.09 bits per heavy atom. The highest BCUT2D eigenvalue weighted by Gasteiger charge is 2.22. The molecule has 1 unspecified atom stereocenters. The first-order chi connectivity index (χ1) is 5.08. The number of rotatable bonds is 4. The predicted octanol–water partition coefficient (Wildman–Crippen LogP) is 1.57. The molecule has 0 aromatic rings. The zero-order valence-electron chi connectivity index (χ0n) is 8.02. The zero-order valence-corrected chi connectivity index (χ0v) is 10.0. The van der Waals surface area contributed by atoms with Crippen molar-refractivity contribution in [3.05, 3.63) is 0 Å². The molecule has 0 bridgehead atoms. The van der Waals surface area contributed by atoms with E-state index in [1.54, 1.807) is 0 Å². The third kappa shape index (κ3) is 3.06. The van der Waals surface area contributed by atoms with E-state index in [9.17, 15) is 0 Å². The normalized spacial score (nSPS) is 18.3. The van der Waals surface area contributed by atoms with Crippen LogP contribution in [0.1, 0.15) is 40.0 Å². The minimum atomic E-state index is 0.199. The molecule has 1 N–H and O–H groups in total. The molecule has 3 heteroatoms. The van der Waals surface area contributed by atoms with Crippen molar-refractivity contribution in [3.8, 4) is 0 Å². The van der Waals surface area contributed by atoms with Crippen LogP contribution in [0.2, 0.25) is 5.04 Å². The van der Waals surface area contributed by atoms with E-state index in [-0.39, 0.29) is 5.04 Å². The fourth-order valence-corrected chi connectivity index (χ4v) is 1.31. The van der Waals surface area contributed by atoms with E-state index >= 15 is 0 Å². The molecule has 0 spiro atoms. The third-order valence-corrected chi connectivity index (χ3v) is 3.56. The van der Waals surface area contributed by atoms with Crippen LogP contribution in [0.5, 0.6) is 0 Å². The zero-order chi connectivity index (χ0) is 8.91. The maximum absolute atomic E-state index is 8.73. The van der Waals surface area contributed by atoms with Gasteiger partial charge in [-0.15, -0.1) is 0 Å². The van der Waals surface area contributed by atoms with Gasteiger partial charge < -0.3 is 5.21 Å². The molecular formula is C8H19NOSi. The molecule has 2 nitrogen and oxygen atoms in total. The first-order valence-corrected chi connectivity index (χ1v) is 5.29. The second-order valence-corrected chi connectivity index (χ2v) is 5.74. The van der Waals surface area contributed by atoms with Crippen LogP contribution in [0.25, 0.3) is 0 Å². The van der Waals surface area contributed by atoms with Gasteiger partial charge in [0, 0.05) is 10.2 Å². The Morgan fingerprint density at radius 3 is 2.36 bits per heavy atom. The number of oxime groups is 1. The lowest BCUT2D eigenvalue weighted by molar-refractivity contribution is 0.314.